The van der Waals surface area contributed by atoms with Gasteiger partial charge in [-0.2, -0.15) is 0 Å². The summed E-state index contributed by atoms with van der Waals surface area (Å²) < 4.78 is 0. The number of hydrogen-bond acceptors (Lipinski definition) is 0. The molecule has 0 nitrogen and oxygen atoms in total. The Balaban J connectivity index is 1.97. The first-order chi connectivity index (χ1) is 13.7. The largest absolute Gasteiger partial charge is 0.0651 e. The minimum atomic E-state index is 0.294. The van der Waals surface area contributed by atoms with Crippen molar-refractivity contribution in [2.75, 3.05) is 0 Å². The lowest BCUT2D eigenvalue weighted by Crippen LogP contribution is -2.04. The van der Waals surface area contributed by atoms with E-state index in [0.29, 0.717) is 5.92 Å². The highest BCUT2D eigenvalue weighted by Crippen LogP contribution is 2.33. The third kappa shape index (κ3) is 5.13. The Morgan fingerprint density at radius 3 is 0.893 bits per heavy atom. The van der Waals surface area contributed by atoms with Crippen molar-refractivity contribution in [3.05, 3.63) is 106 Å². The molecular formula is C28H34. The molecule has 3 aromatic rings. The van der Waals surface area contributed by atoms with Gasteiger partial charge in [0.1, 0.15) is 0 Å². The molecule has 3 aromatic carbocycles. The minimum absolute atomic E-state index is 0.294. The molecule has 0 heterocycles. The quantitative estimate of drug-likeness (QED) is 0.338. The second-order valence-electron chi connectivity index (χ2n) is 7.91. The molecule has 0 radical (unpaired) electrons. The van der Waals surface area contributed by atoms with Crippen LogP contribution in [0.25, 0.3) is 0 Å². The van der Waals surface area contributed by atoms with Gasteiger partial charge in [-0.25, -0.2) is 0 Å². The Labute approximate surface area is 171 Å². The molecule has 0 N–H and O–H groups in total. The van der Waals surface area contributed by atoms with Gasteiger partial charge in [0.15, 0.2) is 0 Å². The third-order valence-corrected chi connectivity index (χ3v) is 5.56. The third-order valence-electron chi connectivity index (χ3n) is 5.56. The molecule has 0 aliphatic carbocycles. The van der Waals surface area contributed by atoms with E-state index in [1.807, 2.05) is 0 Å². The van der Waals surface area contributed by atoms with E-state index in [4.69, 9.17) is 0 Å². The fourth-order valence-corrected chi connectivity index (χ4v) is 4.07. The van der Waals surface area contributed by atoms with Crippen LogP contribution in [-0.2, 0) is 19.3 Å². The topological polar surface area (TPSA) is 0 Å². The van der Waals surface area contributed by atoms with Gasteiger partial charge >= 0.3 is 0 Å². The highest BCUT2D eigenvalue weighted by Gasteiger charge is 2.17. The number of hydrogen-bond donors (Lipinski definition) is 0. The van der Waals surface area contributed by atoms with Crippen LogP contribution in [0.4, 0.5) is 0 Å². The van der Waals surface area contributed by atoms with E-state index < -0.39 is 0 Å². The Morgan fingerprint density at radius 1 is 0.429 bits per heavy atom. The summed E-state index contributed by atoms with van der Waals surface area (Å²) in [4.78, 5) is 0. The van der Waals surface area contributed by atoms with Crippen molar-refractivity contribution in [1.82, 2.24) is 0 Å². The van der Waals surface area contributed by atoms with Crippen LogP contribution in [-0.4, -0.2) is 0 Å². The summed E-state index contributed by atoms with van der Waals surface area (Å²) in [5.41, 5.74) is 8.44. The van der Waals surface area contributed by atoms with Gasteiger partial charge < -0.3 is 0 Å². The summed E-state index contributed by atoms with van der Waals surface area (Å²) in [5, 5.41) is 0. The maximum absolute atomic E-state index is 2.33. The molecule has 0 fully saturated rings. The van der Waals surface area contributed by atoms with Crippen molar-refractivity contribution >= 4 is 0 Å². The molecule has 28 heavy (non-hydrogen) atoms. The van der Waals surface area contributed by atoms with Crippen LogP contribution >= 0.6 is 0 Å². The number of rotatable bonds is 9. The molecule has 0 saturated heterocycles. The van der Waals surface area contributed by atoms with E-state index in [1.165, 1.54) is 52.6 Å². The van der Waals surface area contributed by atoms with Gasteiger partial charge in [-0.05, 0) is 52.6 Å². The molecule has 0 atom stereocenters. The summed E-state index contributed by atoms with van der Waals surface area (Å²) in [7, 11) is 0. The van der Waals surface area contributed by atoms with Crippen molar-refractivity contribution in [3.8, 4) is 0 Å². The minimum Gasteiger partial charge on any atom is -0.0651 e. The van der Waals surface area contributed by atoms with Gasteiger partial charge in [-0.3, -0.25) is 0 Å². The van der Waals surface area contributed by atoms with Gasteiger partial charge in [0.25, 0.3) is 0 Å². The summed E-state index contributed by atoms with van der Waals surface area (Å²) in [5.74, 6) is 0.294. The average molecular weight is 371 g/mol. The van der Waals surface area contributed by atoms with E-state index in [-0.39, 0.29) is 0 Å². The van der Waals surface area contributed by atoms with Crippen molar-refractivity contribution in [2.45, 2.75) is 65.2 Å². The van der Waals surface area contributed by atoms with Crippen molar-refractivity contribution in [2.24, 2.45) is 0 Å². The van der Waals surface area contributed by atoms with Crippen LogP contribution in [0.5, 0.6) is 0 Å². The molecule has 0 aliphatic heterocycles. The first-order valence-corrected chi connectivity index (χ1v) is 11.0. The van der Waals surface area contributed by atoms with Gasteiger partial charge in [-0.15, -0.1) is 0 Å². The first kappa shape index (κ1) is 20.4. The zero-order valence-electron chi connectivity index (χ0n) is 17.7. The Bertz CT molecular complexity index is 705. The monoisotopic (exact) mass is 370 g/mol. The molecule has 0 amide bonds. The van der Waals surface area contributed by atoms with Gasteiger partial charge in [0.05, 0.1) is 0 Å². The molecule has 0 unspecified atom stereocenters. The van der Waals surface area contributed by atoms with E-state index >= 15 is 0 Å². The molecule has 3 rings (SSSR count). The lowest BCUT2D eigenvalue weighted by Gasteiger charge is -2.20. The Kier molecular flexibility index (Phi) is 7.48. The second kappa shape index (κ2) is 10.3. The van der Waals surface area contributed by atoms with Crippen LogP contribution in [0.2, 0.25) is 0 Å². The van der Waals surface area contributed by atoms with Crippen LogP contribution in [0.1, 0.15) is 79.3 Å². The average Bonchev–Trinajstić information content (AvgIpc) is 2.73. The SMILES string of the molecule is CCCc1ccc(C(c2ccc(CCC)cc2)c2ccc(CCC)cc2)cc1. The molecular weight excluding hydrogens is 336 g/mol. The zero-order chi connectivity index (χ0) is 19.8. The fourth-order valence-electron chi connectivity index (χ4n) is 4.07. The van der Waals surface area contributed by atoms with E-state index in [0.717, 1.165) is 19.3 Å². The molecule has 0 aliphatic rings. The molecule has 0 spiro atoms. The van der Waals surface area contributed by atoms with Crippen LogP contribution in [0.15, 0.2) is 72.8 Å². The maximum atomic E-state index is 2.33. The smallest absolute Gasteiger partial charge is 0.0339 e. The second-order valence-corrected chi connectivity index (χ2v) is 7.91. The lowest BCUT2D eigenvalue weighted by atomic mass is 9.84. The van der Waals surface area contributed by atoms with Crippen molar-refractivity contribution in [3.63, 3.8) is 0 Å². The predicted octanol–water partition coefficient (Wildman–Crippen LogP) is 7.72. The van der Waals surface area contributed by atoms with Crippen LogP contribution in [0, 0.1) is 0 Å². The molecule has 0 heteroatoms. The lowest BCUT2D eigenvalue weighted by molar-refractivity contribution is 0.904. The van der Waals surface area contributed by atoms with Gasteiger partial charge in [-0.1, -0.05) is 113 Å². The number of aryl methyl sites for hydroxylation is 3. The molecule has 0 aromatic heterocycles. The maximum Gasteiger partial charge on any atom is 0.0339 e. The van der Waals surface area contributed by atoms with Crippen molar-refractivity contribution in [1.29, 1.82) is 0 Å². The summed E-state index contributed by atoms with van der Waals surface area (Å²) in [6.07, 6.45) is 7.05. The summed E-state index contributed by atoms with van der Waals surface area (Å²) in [6, 6.07) is 27.8. The standard InChI is InChI=1S/C28H34/c1-4-7-22-10-16-25(17-11-22)28(26-18-12-23(8-5-2)13-19-26)27-20-14-24(9-6-3)15-21-27/h10-21,28H,4-9H2,1-3H3. The normalized spacial score (nSPS) is 11.1. The summed E-state index contributed by atoms with van der Waals surface area (Å²) >= 11 is 0. The van der Waals surface area contributed by atoms with E-state index in [1.54, 1.807) is 0 Å². The fraction of sp³-hybridized carbons (Fsp3) is 0.357. The highest BCUT2D eigenvalue weighted by atomic mass is 14.2. The first-order valence-electron chi connectivity index (χ1n) is 11.0. The van der Waals surface area contributed by atoms with Gasteiger partial charge in [0, 0.05) is 5.92 Å². The molecule has 146 valence electrons. The Morgan fingerprint density at radius 2 is 0.679 bits per heavy atom. The molecule has 0 saturated carbocycles. The zero-order valence-corrected chi connectivity index (χ0v) is 17.7. The van der Waals surface area contributed by atoms with Crippen molar-refractivity contribution < 1.29 is 0 Å². The van der Waals surface area contributed by atoms with Gasteiger partial charge in [0.2, 0.25) is 0 Å². The van der Waals surface area contributed by atoms with E-state index in [2.05, 4.69) is 93.6 Å². The van der Waals surface area contributed by atoms with Crippen LogP contribution < -0.4 is 0 Å². The number of benzene rings is 3. The summed E-state index contributed by atoms with van der Waals surface area (Å²) in [6.45, 7) is 6.73. The highest BCUT2D eigenvalue weighted by molar-refractivity contribution is 5.45. The van der Waals surface area contributed by atoms with E-state index in [9.17, 15) is 0 Å². The Hall–Kier alpha value is -2.34. The molecule has 0 bridgehead atoms. The predicted molar refractivity (Wildman–Crippen MR) is 122 cm³/mol. The van der Waals surface area contributed by atoms with Crippen LogP contribution in [0.3, 0.4) is 0 Å².